The molecule has 0 aromatic carbocycles. The Morgan fingerprint density at radius 3 is 2.65 bits per heavy atom. The highest BCUT2D eigenvalue weighted by Gasteiger charge is 2.18. The third-order valence-electron chi connectivity index (χ3n) is 2.86. The number of aromatic nitrogens is 2. The number of carbonyl (C=O) groups excluding carboxylic acids is 2. The maximum absolute atomic E-state index is 12.0. The van der Waals surface area contributed by atoms with Gasteiger partial charge in [0.1, 0.15) is 5.69 Å². The van der Waals surface area contributed by atoms with Crippen LogP contribution in [0.5, 0.6) is 0 Å². The summed E-state index contributed by atoms with van der Waals surface area (Å²) in [4.78, 5) is 23.2. The summed E-state index contributed by atoms with van der Waals surface area (Å²) in [7, 11) is 1.68. The molecule has 0 radical (unpaired) electrons. The molecule has 0 spiro atoms. The predicted octanol–water partition coefficient (Wildman–Crippen LogP) is 0.638. The highest BCUT2D eigenvalue weighted by Crippen LogP contribution is 2.16. The van der Waals surface area contributed by atoms with Crippen LogP contribution in [0.4, 0.5) is 5.69 Å². The molecule has 1 amide bonds. The van der Waals surface area contributed by atoms with E-state index in [2.05, 4.69) is 10.4 Å². The number of amides is 1. The van der Waals surface area contributed by atoms with Gasteiger partial charge in [0, 0.05) is 20.0 Å². The van der Waals surface area contributed by atoms with E-state index in [1.165, 1.54) is 4.68 Å². The van der Waals surface area contributed by atoms with Crippen LogP contribution in [-0.2, 0) is 23.0 Å². The van der Waals surface area contributed by atoms with Gasteiger partial charge in [0.05, 0.1) is 18.0 Å². The first-order valence-electron chi connectivity index (χ1n) is 6.76. The van der Waals surface area contributed by atoms with Crippen LogP contribution in [0.15, 0.2) is 0 Å². The Balaban J connectivity index is 2.48. The van der Waals surface area contributed by atoms with Gasteiger partial charge in [-0.25, -0.2) is 0 Å². The Labute approximate surface area is 118 Å². The third-order valence-corrected chi connectivity index (χ3v) is 2.86. The van der Waals surface area contributed by atoms with E-state index in [0.29, 0.717) is 43.1 Å². The van der Waals surface area contributed by atoms with Crippen LogP contribution in [0.2, 0.25) is 0 Å². The number of ether oxygens (including phenoxy) is 1. The SMILES string of the molecule is CCOC(=O)CCCNC(=O)c1c(N)c(CC)nn1C. The van der Waals surface area contributed by atoms with E-state index in [-0.39, 0.29) is 18.3 Å². The minimum Gasteiger partial charge on any atom is -0.466 e. The zero-order valence-corrected chi connectivity index (χ0v) is 12.2. The molecule has 20 heavy (non-hydrogen) atoms. The molecule has 1 aromatic rings. The molecule has 0 bridgehead atoms. The second-order valence-electron chi connectivity index (χ2n) is 4.35. The number of rotatable bonds is 7. The van der Waals surface area contributed by atoms with Crippen molar-refractivity contribution in [2.24, 2.45) is 7.05 Å². The Morgan fingerprint density at radius 2 is 2.10 bits per heavy atom. The first-order chi connectivity index (χ1) is 9.51. The molecule has 0 atom stereocenters. The molecular weight excluding hydrogens is 260 g/mol. The number of nitrogens with one attached hydrogen (secondary N) is 1. The maximum atomic E-state index is 12.0. The quantitative estimate of drug-likeness (QED) is 0.564. The lowest BCUT2D eigenvalue weighted by atomic mass is 10.2. The first-order valence-corrected chi connectivity index (χ1v) is 6.76. The summed E-state index contributed by atoms with van der Waals surface area (Å²) in [6.07, 6.45) is 1.49. The fraction of sp³-hybridized carbons (Fsp3) is 0.615. The summed E-state index contributed by atoms with van der Waals surface area (Å²) in [5, 5.41) is 6.92. The van der Waals surface area contributed by atoms with E-state index >= 15 is 0 Å². The van der Waals surface area contributed by atoms with Crippen molar-refractivity contribution >= 4 is 17.6 Å². The lowest BCUT2D eigenvalue weighted by molar-refractivity contribution is -0.143. The molecule has 0 saturated carbocycles. The third kappa shape index (κ3) is 3.97. The van der Waals surface area contributed by atoms with Gasteiger partial charge in [-0.2, -0.15) is 5.10 Å². The summed E-state index contributed by atoms with van der Waals surface area (Å²) in [6.45, 7) is 4.45. The molecule has 1 rings (SSSR count). The van der Waals surface area contributed by atoms with Gasteiger partial charge in [-0.05, 0) is 19.8 Å². The van der Waals surface area contributed by atoms with Crippen LogP contribution in [-0.4, -0.2) is 34.8 Å². The second-order valence-corrected chi connectivity index (χ2v) is 4.35. The largest absolute Gasteiger partial charge is 0.466 e. The van der Waals surface area contributed by atoms with Gasteiger partial charge in [0.2, 0.25) is 0 Å². The van der Waals surface area contributed by atoms with Crippen molar-refractivity contribution in [1.29, 1.82) is 0 Å². The van der Waals surface area contributed by atoms with Crippen molar-refractivity contribution in [3.05, 3.63) is 11.4 Å². The lowest BCUT2D eigenvalue weighted by Crippen LogP contribution is -2.27. The number of nitrogen functional groups attached to an aromatic ring is 1. The van der Waals surface area contributed by atoms with Gasteiger partial charge in [-0.3, -0.25) is 14.3 Å². The monoisotopic (exact) mass is 282 g/mol. The molecule has 0 aliphatic rings. The van der Waals surface area contributed by atoms with E-state index < -0.39 is 0 Å². The predicted molar refractivity (Wildman–Crippen MR) is 75.2 cm³/mol. The van der Waals surface area contributed by atoms with E-state index in [0.717, 1.165) is 0 Å². The van der Waals surface area contributed by atoms with Crippen LogP contribution < -0.4 is 11.1 Å². The van der Waals surface area contributed by atoms with E-state index in [1.807, 2.05) is 6.92 Å². The van der Waals surface area contributed by atoms with Gasteiger partial charge in [-0.15, -0.1) is 0 Å². The molecular formula is C13H22N4O3. The lowest BCUT2D eigenvalue weighted by Gasteiger charge is -2.06. The van der Waals surface area contributed by atoms with Gasteiger partial charge in [0.25, 0.3) is 5.91 Å². The number of carbonyl (C=O) groups is 2. The number of hydrogen-bond acceptors (Lipinski definition) is 5. The number of aryl methyl sites for hydroxylation is 2. The molecule has 1 heterocycles. The normalized spacial score (nSPS) is 10.3. The van der Waals surface area contributed by atoms with Crippen LogP contribution in [0.3, 0.4) is 0 Å². The highest BCUT2D eigenvalue weighted by molar-refractivity contribution is 5.97. The molecule has 0 saturated heterocycles. The van der Waals surface area contributed by atoms with Crippen LogP contribution in [0.1, 0.15) is 42.9 Å². The number of esters is 1. The second kappa shape index (κ2) is 7.52. The van der Waals surface area contributed by atoms with E-state index in [9.17, 15) is 9.59 Å². The maximum Gasteiger partial charge on any atom is 0.305 e. The average Bonchev–Trinajstić information content (AvgIpc) is 2.69. The van der Waals surface area contributed by atoms with Gasteiger partial charge in [0.15, 0.2) is 0 Å². The highest BCUT2D eigenvalue weighted by atomic mass is 16.5. The van der Waals surface area contributed by atoms with Crippen molar-refractivity contribution < 1.29 is 14.3 Å². The smallest absolute Gasteiger partial charge is 0.305 e. The Morgan fingerprint density at radius 1 is 1.40 bits per heavy atom. The molecule has 7 heteroatoms. The van der Waals surface area contributed by atoms with E-state index in [4.69, 9.17) is 10.5 Å². The molecule has 112 valence electrons. The van der Waals surface area contributed by atoms with Crippen molar-refractivity contribution in [2.75, 3.05) is 18.9 Å². The summed E-state index contributed by atoms with van der Waals surface area (Å²) < 4.78 is 6.28. The summed E-state index contributed by atoms with van der Waals surface area (Å²) >= 11 is 0. The first kappa shape index (κ1) is 16.0. The molecule has 0 aliphatic carbocycles. The summed E-state index contributed by atoms with van der Waals surface area (Å²) in [6, 6.07) is 0. The molecule has 0 aliphatic heterocycles. The average molecular weight is 282 g/mol. The molecule has 1 aromatic heterocycles. The fourth-order valence-corrected chi connectivity index (χ4v) is 1.88. The van der Waals surface area contributed by atoms with Gasteiger partial charge in [-0.1, -0.05) is 6.92 Å². The van der Waals surface area contributed by atoms with Crippen molar-refractivity contribution in [1.82, 2.24) is 15.1 Å². The Bertz CT molecular complexity index is 482. The number of hydrogen-bond donors (Lipinski definition) is 2. The zero-order chi connectivity index (χ0) is 15.1. The van der Waals surface area contributed by atoms with Crippen molar-refractivity contribution in [3.8, 4) is 0 Å². The molecule has 3 N–H and O–H groups in total. The van der Waals surface area contributed by atoms with Crippen molar-refractivity contribution in [2.45, 2.75) is 33.1 Å². The topological polar surface area (TPSA) is 99.2 Å². The summed E-state index contributed by atoms with van der Waals surface area (Å²) in [5.74, 6) is -0.531. The van der Waals surface area contributed by atoms with Crippen molar-refractivity contribution in [3.63, 3.8) is 0 Å². The minimum atomic E-state index is -0.277. The summed E-state index contributed by atoms with van der Waals surface area (Å²) in [5.41, 5.74) is 7.38. The van der Waals surface area contributed by atoms with Crippen LogP contribution in [0, 0.1) is 0 Å². The van der Waals surface area contributed by atoms with Crippen LogP contribution >= 0.6 is 0 Å². The number of anilines is 1. The van der Waals surface area contributed by atoms with Gasteiger partial charge < -0.3 is 15.8 Å². The van der Waals surface area contributed by atoms with Gasteiger partial charge >= 0.3 is 5.97 Å². The number of nitrogens with two attached hydrogens (primary N) is 1. The van der Waals surface area contributed by atoms with E-state index in [1.54, 1.807) is 14.0 Å². The number of nitrogens with zero attached hydrogens (tertiary/aromatic N) is 2. The standard InChI is InChI=1S/C13H22N4O3/c1-4-9-11(14)12(17(3)16-9)13(19)15-8-6-7-10(18)20-5-2/h4-8,14H2,1-3H3,(H,15,19). The minimum absolute atomic E-state index is 0.255. The zero-order valence-electron chi connectivity index (χ0n) is 12.2. The Hall–Kier alpha value is -2.05. The fourth-order valence-electron chi connectivity index (χ4n) is 1.88. The molecule has 0 unspecified atom stereocenters. The molecule has 7 nitrogen and oxygen atoms in total. The van der Waals surface area contributed by atoms with Crippen LogP contribution in [0.25, 0.3) is 0 Å². The Kier molecular flexibility index (Phi) is 6.02. The molecule has 0 fully saturated rings.